The monoisotopic (exact) mass is 228 g/mol. The van der Waals surface area contributed by atoms with E-state index in [4.69, 9.17) is 0 Å². The Bertz CT molecular complexity index is 316. The van der Waals surface area contributed by atoms with Crippen molar-refractivity contribution in [2.75, 3.05) is 13.1 Å². The number of thiazole rings is 1. The lowest BCUT2D eigenvalue weighted by atomic mass is 9.92. The highest BCUT2D eigenvalue weighted by molar-refractivity contribution is 7.09. The van der Waals surface area contributed by atoms with E-state index in [1.807, 2.05) is 12.3 Å². The standard InChI is InChI=1S/C11H17FN2S/c1-9-14-10(8-15-9)7-11(12)3-2-5-13-6-4-11/h8,13H,2-7H2,1H3. The van der Waals surface area contributed by atoms with Crippen LogP contribution in [0.1, 0.15) is 30.0 Å². The normalized spacial score (nSPS) is 27.6. The van der Waals surface area contributed by atoms with Crippen LogP contribution in [0.4, 0.5) is 4.39 Å². The Morgan fingerprint density at radius 2 is 2.40 bits per heavy atom. The molecule has 15 heavy (non-hydrogen) atoms. The molecule has 1 unspecified atom stereocenters. The zero-order valence-corrected chi connectivity index (χ0v) is 9.87. The lowest BCUT2D eigenvalue weighted by Crippen LogP contribution is -2.27. The zero-order chi connectivity index (χ0) is 10.7. The number of halogens is 1. The molecule has 1 aromatic rings. The third kappa shape index (κ3) is 2.98. The Morgan fingerprint density at radius 3 is 3.13 bits per heavy atom. The van der Waals surface area contributed by atoms with Crippen molar-refractivity contribution in [1.82, 2.24) is 10.3 Å². The van der Waals surface area contributed by atoms with Gasteiger partial charge in [-0.05, 0) is 39.3 Å². The first-order valence-corrected chi connectivity index (χ1v) is 6.37. The molecule has 0 saturated carbocycles. The first kappa shape index (κ1) is 11.0. The third-order valence-corrected chi connectivity index (χ3v) is 3.72. The predicted molar refractivity (Wildman–Crippen MR) is 61.1 cm³/mol. The number of nitrogens with zero attached hydrogens (tertiary/aromatic N) is 1. The second-order valence-electron chi connectivity index (χ2n) is 4.29. The molecule has 0 spiro atoms. The van der Waals surface area contributed by atoms with Gasteiger partial charge in [0.25, 0.3) is 0 Å². The fraction of sp³-hybridized carbons (Fsp3) is 0.727. The quantitative estimate of drug-likeness (QED) is 0.841. The molecule has 4 heteroatoms. The average Bonchev–Trinajstić information content (AvgIpc) is 2.46. The van der Waals surface area contributed by atoms with Crippen LogP contribution in [0.25, 0.3) is 0 Å². The van der Waals surface area contributed by atoms with E-state index in [1.54, 1.807) is 11.3 Å². The summed E-state index contributed by atoms with van der Waals surface area (Å²) in [7, 11) is 0. The number of aryl methyl sites for hydroxylation is 1. The zero-order valence-electron chi connectivity index (χ0n) is 9.05. The van der Waals surface area contributed by atoms with Crippen LogP contribution in [-0.2, 0) is 6.42 Å². The minimum Gasteiger partial charge on any atom is -0.317 e. The molecule has 1 aromatic heterocycles. The molecule has 0 amide bonds. The number of rotatable bonds is 2. The smallest absolute Gasteiger partial charge is 0.117 e. The summed E-state index contributed by atoms with van der Waals surface area (Å²) < 4.78 is 14.5. The van der Waals surface area contributed by atoms with E-state index >= 15 is 0 Å². The van der Waals surface area contributed by atoms with Crippen molar-refractivity contribution in [1.29, 1.82) is 0 Å². The number of hydrogen-bond donors (Lipinski definition) is 1. The molecule has 1 fully saturated rings. The van der Waals surface area contributed by atoms with Gasteiger partial charge in [-0.15, -0.1) is 11.3 Å². The Hall–Kier alpha value is -0.480. The number of nitrogens with one attached hydrogen (secondary N) is 1. The number of hydrogen-bond acceptors (Lipinski definition) is 3. The van der Waals surface area contributed by atoms with Crippen LogP contribution in [0.15, 0.2) is 5.38 Å². The van der Waals surface area contributed by atoms with Gasteiger partial charge in [-0.2, -0.15) is 0 Å². The first-order valence-electron chi connectivity index (χ1n) is 5.49. The highest BCUT2D eigenvalue weighted by atomic mass is 32.1. The van der Waals surface area contributed by atoms with Gasteiger partial charge < -0.3 is 5.32 Å². The highest BCUT2D eigenvalue weighted by Crippen LogP contribution is 2.29. The highest BCUT2D eigenvalue weighted by Gasteiger charge is 2.31. The van der Waals surface area contributed by atoms with Crippen LogP contribution in [0.2, 0.25) is 0 Å². The molecule has 1 saturated heterocycles. The van der Waals surface area contributed by atoms with Crippen LogP contribution in [-0.4, -0.2) is 23.7 Å². The second-order valence-corrected chi connectivity index (χ2v) is 5.35. The van der Waals surface area contributed by atoms with Gasteiger partial charge in [0.2, 0.25) is 0 Å². The SMILES string of the molecule is Cc1nc(CC2(F)CCCNCC2)cs1. The van der Waals surface area contributed by atoms with Crippen LogP contribution in [0.5, 0.6) is 0 Å². The average molecular weight is 228 g/mol. The van der Waals surface area contributed by atoms with Gasteiger partial charge in [0.15, 0.2) is 0 Å². The van der Waals surface area contributed by atoms with E-state index < -0.39 is 5.67 Å². The molecule has 0 radical (unpaired) electrons. The predicted octanol–water partition coefficient (Wildman–Crippen LogP) is 2.48. The van der Waals surface area contributed by atoms with E-state index in [-0.39, 0.29) is 0 Å². The van der Waals surface area contributed by atoms with Gasteiger partial charge in [0.1, 0.15) is 5.67 Å². The molecule has 0 aliphatic carbocycles. The van der Waals surface area contributed by atoms with Crippen molar-refractivity contribution in [2.45, 2.75) is 38.3 Å². The fourth-order valence-corrected chi connectivity index (χ4v) is 2.70. The summed E-state index contributed by atoms with van der Waals surface area (Å²) >= 11 is 1.60. The summed E-state index contributed by atoms with van der Waals surface area (Å²) in [6.07, 6.45) is 2.69. The molecule has 1 N–H and O–H groups in total. The van der Waals surface area contributed by atoms with Gasteiger partial charge in [-0.3, -0.25) is 0 Å². The summed E-state index contributed by atoms with van der Waals surface area (Å²) in [5, 5.41) is 6.24. The van der Waals surface area contributed by atoms with Crippen molar-refractivity contribution in [2.24, 2.45) is 0 Å². The summed E-state index contributed by atoms with van der Waals surface area (Å²) in [4.78, 5) is 4.34. The Balaban J connectivity index is 2.02. The van der Waals surface area contributed by atoms with Crippen LogP contribution in [0.3, 0.4) is 0 Å². The van der Waals surface area contributed by atoms with Crippen molar-refractivity contribution >= 4 is 11.3 Å². The molecule has 2 nitrogen and oxygen atoms in total. The summed E-state index contributed by atoms with van der Waals surface area (Å²) in [5.41, 5.74) is -0.119. The van der Waals surface area contributed by atoms with E-state index in [9.17, 15) is 4.39 Å². The van der Waals surface area contributed by atoms with Crippen molar-refractivity contribution in [3.63, 3.8) is 0 Å². The Kier molecular flexibility index (Phi) is 3.36. The topological polar surface area (TPSA) is 24.9 Å². The van der Waals surface area contributed by atoms with E-state index in [1.165, 1.54) is 0 Å². The fourth-order valence-electron chi connectivity index (χ4n) is 2.08. The minimum atomic E-state index is -1.04. The largest absolute Gasteiger partial charge is 0.317 e. The van der Waals surface area contributed by atoms with Gasteiger partial charge in [-0.1, -0.05) is 0 Å². The Labute approximate surface area is 93.9 Å². The maximum absolute atomic E-state index is 14.5. The number of aromatic nitrogens is 1. The molecule has 2 rings (SSSR count). The Morgan fingerprint density at radius 1 is 1.53 bits per heavy atom. The summed E-state index contributed by atoms with van der Waals surface area (Å²) in [6, 6.07) is 0. The van der Waals surface area contributed by atoms with E-state index in [2.05, 4.69) is 10.3 Å². The molecule has 1 aliphatic heterocycles. The lowest BCUT2D eigenvalue weighted by Gasteiger charge is -2.21. The molecule has 1 atom stereocenters. The maximum Gasteiger partial charge on any atom is 0.117 e. The first-order chi connectivity index (χ1) is 7.18. The molecule has 1 aliphatic rings. The van der Waals surface area contributed by atoms with Gasteiger partial charge in [0.05, 0.1) is 10.7 Å². The minimum absolute atomic E-state index is 0.485. The number of alkyl halides is 1. The van der Waals surface area contributed by atoms with Crippen LogP contribution in [0, 0.1) is 6.92 Å². The maximum atomic E-state index is 14.5. The molecule has 2 heterocycles. The molecule has 0 aromatic carbocycles. The molecule has 84 valence electrons. The van der Waals surface area contributed by atoms with Crippen molar-refractivity contribution < 1.29 is 4.39 Å². The van der Waals surface area contributed by atoms with Crippen molar-refractivity contribution in [3.8, 4) is 0 Å². The van der Waals surface area contributed by atoms with Gasteiger partial charge in [-0.25, -0.2) is 9.37 Å². The van der Waals surface area contributed by atoms with Gasteiger partial charge in [0, 0.05) is 11.8 Å². The van der Waals surface area contributed by atoms with Crippen LogP contribution < -0.4 is 5.32 Å². The van der Waals surface area contributed by atoms with Crippen molar-refractivity contribution in [3.05, 3.63) is 16.1 Å². The molecular weight excluding hydrogens is 211 g/mol. The molecular formula is C11H17FN2S. The third-order valence-electron chi connectivity index (χ3n) is 2.89. The van der Waals surface area contributed by atoms with Gasteiger partial charge >= 0.3 is 0 Å². The van der Waals surface area contributed by atoms with E-state index in [0.29, 0.717) is 19.3 Å². The summed E-state index contributed by atoms with van der Waals surface area (Å²) in [5.74, 6) is 0. The second kappa shape index (κ2) is 4.58. The summed E-state index contributed by atoms with van der Waals surface area (Å²) in [6.45, 7) is 3.70. The lowest BCUT2D eigenvalue weighted by molar-refractivity contribution is 0.143. The molecule has 0 bridgehead atoms. The van der Waals surface area contributed by atoms with Crippen LogP contribution >= 0.6 is 11.3 Å². The van der Waals surface area contributed by atoms with E-state index in [0.717, 1.165) is 30.2 Å².